The lowest BCUT2D eigenvalue weighted by Crippen LogP contribution is -2.37. The van der Waals surface area contributed by atoms with Crippen molar-refractivity contribution in [3.8, 4) is 0 Å². The SMILES string of the molecule is c1cnc(N2CCC[C@@H](Cc3cc(Nc4cnccn4)ncn3)C2)nc1. The molecule has 1 aliphatic rings. The van der Waals surface area contributed by atoms with E-state index in [9.17, 15) is 0 Å². The van der Waals surface area contributed by atoms with Gasteiger partial charge in [0.2, 0.25) is 5.95 Å². The fourth-order valence-electron chi connectivity index (χ4n) is 3.24. The Morgan fingerprint density at radius 3 is 2.77 bits per heavy atom. The molecule has 4 rings (SSSR count). The standard InChI is InChI=1S/C18H20N8/c1-3-14(12-26(8-1)18-21-4-2-5-22-18)9-15-10-16(24-13-23-15)25-17-11-19-6-7-20-17/h2,4-7,10-11,13-14H,1,3,8-9,12H2,(H,20,23,24,25)/t14-/m0/s1. The van der Waals surface area contributed by atoms with Crippen LogP contribution in [0.3, 0.4) is 0 Å². The maximum absolute atomic E-state index is 4.44. The molecule has 0 amide bonds. The summed E-state index contributed by atoms with van der Waals surface area (Å²) in [5.41, 5.74) is 1.02. The summed E-state index contributed by atoms with van der Waals surface area (Å²) in [6.45, 7) is 1.95. The third-order valence-corrected chi connectivity index (χ3v) is 4.39. The lowest BCUT2D eigenvalue weighted by molar-refractivity contribution is 0.406. The molecule has 1 aliphatic heterocycles. The summed E-state index contributed by atoms with van der Waals surface area (Å²) in [5, 5.41) is 3.16. The van der Waals surface area contributed by atoms with Gasteiger partial charge in [-0.3, -0.25) is 4.98 Å². The highest BCUT2D eigenvalue weighted by Crippen LogP contribution is 2.23. The normalized spacial score (nSPS) is 17.1. The molecule has 0 bridgehead atoms. The Balaban J connectivity index is 1.41. The highest BCUT2D eigenvalue weighted by molar-refractivity contribution is 5.50. The summed E-state index contributed by atoms with van der Waals surface area (Å²) in [5.74, 6) is 2.73. The predicted octanol–water partition coefficient (Wildman–Crippen LogP) is 2.26. The second kappa shape index (κ2) is 7.81. The summed E-state index contributed by atoms with van der Waals surface area (Å²) >= 11 is 0. The average Bonchev–Trinajstić information content (AvgIpc) is 2.70. The van der Waals surface area contributed by atoms with E-state index in [0.717, 1.165) is 43.4 Å². The van der Waals surface area contributed by atoms with Crippen LogP contribution in [0.1, 0.15) is 18.5 Å². The first-order valence-electron chi connectivity index (χ1n) is 8.73. The van der Waals surface area contributed by atoms with Gasteiger partial charge in [-0.05, 0) is 31.2 Å². The minimum Gasteiger partial charge on any atom is -0.341 e. The Morgan fingerprint density at radius 2 is 1.92 bits per heavy atom. The van der Waals surface area contributed by atoms with Crippen molar-refractivity contribution in [2.75, 3.05) is 23.3 Å². The van der Waals surface area contributed by atoms with E-state index >= 15 is 0 Å². The Labute approximate surface area is 151 Å². The zero-order chi connectivity index (χ0) is 17.6. The Morgan fingerprint density at radius 1 is 1.00 bits per heavy atom. The fourth-order valence-corrected chi connectivity index (χ4v) is 3.24. The molecule has 132 valence electrons. The van der Waals surface area contributed by atoms with Crippen molar-refractivity contribution in [1.29, 1.82) is 0 Å². The monoisotopic (exact) mass is 348 g/mol. The molecular formula is C18H20N8. The molecule has 0 aromatic carbocycles. The van der Waals surface area contributed by atoms with Gasteiger partial charge in [0.25, 0.3) is 0 Å². The quantitative estimate of drug-likeness (QED) is 0.750. The van der Waals surface area contributed by atoms with Crippen LogP contribution in [0.4, 0.5) is 17.6 Å². The van der Waals surface area contributed by atoms with E-state index in [4.69, 9.17) is 0 Å². The first kappa shape index (κ1) is 16.3. The Bertz CT molecular complexity index is 827. The maximum Gasteiger partial charge on any atom is 0.225 e. The molecule has 1 atom stereocenters. The van der Waals surface area contributed by atoms with Crippen molar-refractivity contribution in [3.63, 3.8) is 0 Å². The first-order valence-corrected chi connectivity index (χ1v) is 8.73. The summed E-state index contributed by atoms with van der Waals surface area (Å²) in [6, 6.07) is 3.82. The molecule has 0 radical (unpaired) electrons. The van der Waals surface area contributed by atoms with Crippen LogP contribution in [0, 0.1) is 5.92 Å². The number of hydrogen-bond donors (Lipinski definition) is 1. The van der Waals surface area contributed by atoms with E-state index in [2.05, 4.69) is 40.1 Å². The molecule has 1 saturated heterocycles. The smallest absolute Gasteiger partial charge is 0.225 e. The van der Waals surface area contributed by atoms with Crippen LogP contribution in [0.15, 0.2) is 49.4 Å². The summed E-state index contributed by atoms with van der Waals surface area (Å²) < 4.78 is 0. The van der Waals surface area contributed by atoms with E-state index in [1.54, 1.807) is 37.3 Å². The molecule has 0 spiro atoms. The fraction of sp³-hybridized carbons (Fsp3) is 0.333. The van der Waals surface area contributed by atoms with Crippen LogP contribution in [-0.2, 0) is 6.42 Å². The molecule has 3 aromatic rings. The van der Waals surface area contributed by atoms with Gasteiger partial charge in [0.1, 0.15) is 18.0 Å². The van der Waals surface area contributed by atoms with Crippen molar-refractivity contribution in [1.82, 2.24) is 29.9 Å². The van der Waals surface area contributed by atoms with Crippen LogP contribution in [-0.4, -0.2) is 43.0 Å². The second-order valence-electron chi connectivity index (χ2n) is 6.32. The average molecular weight is 348 g/mol. The maximum atomic E-state index is 4.44. The molecule has 0 aliphatic carbocycles. The third-order valence-electron chi connectivity index (χ3n) is 4.39. The Hall–Kier alpha value is -3.16. The summed E-state index contributed by atoms with van der Waals surface area (Å²) in [7, 11) is 0. The van der Waals surface area contributed by atoms with E-state index in [-0.39, 0.29) is 0 Å². The van der Waals surface area contributed by atoms with Gasteiger partial charge < -0.3 is 10.2 Å². The minimum atomic E-state index is 0.520. The Kier molecular flexibility index (Phi) is 4.90. The van der Waals surface area contributed by atoms with Crippen LogP contribution in [0.25, 0.3) is 0 Å². The molecule has 0 unspecified atom stereocenters. The largest absolute Gasteiger partial charge is 0.341 e. The van der Waals surface area contributed by atoms with Gasteiger partial charge in [-0.1, -0.05) is 0 Å². The topological polar surface area (TPSA) is 92.6 Å². The first-order chi connectivity index (χ1) is 12.9. The van der Waals surface area contributed by atoms with Crippen LogP contribution < -0.4 is 10.2 Å². The molecular weight excluding hydrogens is 328 g/mol. The molecule has 1 fully saturated rings. The van der Waals surface area contributed by atoms with Gasteiger partial charge >= 0.3 is 0 Å². The van der Waals surface area contributed by atoms with Gasteiger partial charge in [0.15, 0.2) is 0 Å². The number of piperidine rings is 1. The molecule has 1 N–H and O–H groups in total. The number of nitrogens with zero attached hydrogens (tertiary/aromatic N) is 7. The van der Waals surface area contributed by atoms with Crippen molar-refractivity contribution in [2.45, 2.75) is 19.3 Å². The van der Waals surface area contributed by atoms with Gasteiger partial charge in [0, 0.05) is 49.6 Å². The van der Waals surface area contributed by atoms with Crippen molar-refractivity contribution >= 4 is 17.6 Å². The number of hydrogen-bond acceptors (Lipinski definition) is 8. The highest BCUT2D eigenvalue weighted by atomic mass is 15.2. The van der Waals surface area contributed by atoms with E-state index in [1.807, 2.05) is 12.1 Å². The van der Waals surface area contributed by atoms with Crippen LogP contribution in [0.2, 0.25) is 0 Å². The number of nitrogens with one attached hydrogen (secondary N) is 1. The number of anilines is 3. The summed E-state index contributed by atoms with van der Waals surface area (Å²) in [6.07, 6.45) is 13.4. The van der Waals surface area contributed by atoms with Gasteiger partial charge in [0.05, 0.1) is 6.20 Å². The van der Waals surface area contributed by atoms with Crippen LogP contribution >= 0.6 is 0 Å². The minimum absolute atomic E-state index is 0.520. The number of rotatable bonds is 5. The lowest BCUT2D eigenvalue weighted by Gasteiger charge is -2.32. The van der Waals surface area contributed by atoms with Gasteiger partial charge in [-0.2, -0.15) is 0 Å². The van der Waals surface area contributed by atoms with Gasteiger partial charge in [-0.15, -0.1) is 0 Å². The second-order valence-corrected chi connectivity index (χ2v) is 6.32. The predicted molar refractivity (Wildman–Crippen MR) is 98.0 cm³/mol. The molecule has 26 heavy (non-hydrogen) atoms. The number of aromatic nitrogens is 6. The van der Waals surface area contributed by atoms with Crippen molar-refractivity contribution in [2.24, 2.45) is 5.92 Å². The highest BCUT2D eigenvalue weighted by Gasteiger charge is 2.22. The van der Waals surface area contributed by atoms with E-state index in [1.165, 1.54) is 6.42 Å². The lowest BCUT2D eigenvalue weighted by atomic mass is 9.93. The molecule has 8 heteroatoms. The zero-order valence-electron chi connectivity index (χ0n) is 14.4. The molecule has 8 nitrogen and oxygen atoms in total. The van der Waals surface area contributed by atoms with Crippen molar-refractivity contribution < 1.29 is 0 Å². The van der Waals surface area contributed by atoms with E-state index < -0.39 is 0 Å². The zero-order valence-corrected chi connectivity index (χ0v) is 14.4. The summed E-state index contributed by atoms with van der Waals surface area (Å²) in [4.78, 5) is 28.0. The molecule has 4 heterocycles. The van der Waals surface area contributed by atoms with Gasteiger partial charge in [-0.25, -0.2) is 24.9 Å². The third kappa shape index (κ3) is 4.08. The molecule has 0 saturated carbocycles. The van der Waals surface area contributed by atoms with Crippen molar-refractivity contribution in [3.05, 3.63) is 55.1 Å². The van der Waals surface area contributed by atoms with E-state index in [0.29, 0.717) is 11.7 Å². The molecule has 3 aromatic heterocycles. The van der Waals surface area contributed by atoms with Crippen LogP contribution in [0.5, 0.6) is 0 Å².